The Labute approximate surface area is 110 Å². The number of rotatable bonds is 6. The third kappa shape index (κ3) is 4.06. The normalized spacial score (nSPS) is 10.2. The first-order valence-electron chi connectivity index (χ1n) is 6.49. The summed E-state index contributed by atoms with van der Waals surface area (Å²) in [7, 11) is 1.69. The van der Waals surface area contributed by atoms with Gasteiger partial charge in [0.2, 0.25) is 5.91 Å². The molecule has 0 aliphatic rings. The van der Waals surface area contributed by atoms with E-state index in [1.165, 1.54) is 11.1 Å². The van der Waals surface area contributed by atoms with Gasteiger partial charge in [-0.3, -0.25) is 4.79 Å². The minimum atomic E-state index is 0.139. The van der Waals surface area contributed by atoms with Crippen molar-refractivity contribution < 1.29 is 9.53 Å². The minimum Gasteiger partial charge on any atom is -0.496 e. The van der Waals surface area contributed by atoms with Gasteiger partial charge in [-0.05, 0) is 49.4 Å². The van der Waals surface area contributed by atoms with E-state index in [4.69, 9.17) is 4.74 Å². The van der Waals surface area contributed by atoms with E-state index in [9.17, 15) is 4.79 Å². The van der Waals surface area contributed by atoms with Crippen molar-refractivity contribution in [3.63, 3.8) is 0 Å². The number of hydrogen-bond acceptors (Lipinski definition) is 2. The number of benzene rings is 1. The van der Waals surface area contributed by atoms with Crippen LogP contribution in [0.1, 0.15) is 36.5 Å². The Hall–Kier alpha value is -1.51. The SMILES string of the molecule is CCCC(=O)NCCc1cc(C)c(OC)cc1C. The smallest absolute Gasteiger partial charge is 0.219 e. The van der Waals surface area contributed by atoms with E-state index >= 15 is 0 Å². The van der Waals surface area contributed by atoms with Gasteiger partial charge in [-0.25, -0.2) is 0 Å². The third-order valence-electron chi connectivity index (χ3n) is 3.05. The fourth-order valence-corrected chi connectivity index (χ4v) is 1.99. The fraction of sp³-hybridized carbons (Fsp3) is 0.533. The Morgan fingerprint density at radius 3 is 2.61 bits per heavy atom. The molecule has 0 unspecified atom stereocenters. The summed E-state index contributed by atoms with van der Waals surface area (Å²) in [5, 5.41) is 2.94. The number of carbonyl (C=O) groups is 1. The molecule has 0 radical (unpaired) electrons. The highest BCUT2D eigenvalue weighted by atomic mass is 16.5. The number of methoxy groups -OCH3 is 1. The molecule has 1 aromatic rings. The second-order valence-electron chi connectivity index (χ2n) is 4.60. The average molecular weight is 249 g/mol. The Bertz CT molecular complexity index is 413. The van der Waals surface area contributed by atoms with Crippen molar-refractivity contribution >= 4 is 5.91 Å². The standard InChI is InChI=1S/C15H23NO2/c1-5-6-15(17)16-8-7-13-9-12(3)14(18-4)10-11(13)2/h9-10H,5-8H2,1-4H3,(H,16,17). The highest BCUT2D eigenvalue weighted by molar-refractivity contribution is 5.75. The van der Waals surface area contributed by atoms with Gasteiger partial charge in [0.15, 0.2) is 0 Å². The number of amides is 1. The highest BCUT2D eigenvalue weighted by Crippen LogP contribution is 2.22. The largest absolute Gasteiger partial charge is 0.496 e. The summed E-state index contributed by atoms with van der Waals surface area (Å²) in [5.41, 5.74) is 3.62. The quantitative estimate of drug-likeness (QED) is 0.842. The molecule has 0 heterocycles. The monoisotopic (exact) mass is 249 g/mol. The molecular weight excluding hydrogens is 226 g/mol. The molecule has 1 aromatic carbocycles. The third-order valence-corrected chi connectivity index (χ3v) is 3.05. The van der Waals surface area contributed by atoms with E-state index in [0.717, 1.165) is 24.2 Å². The van der Waals surface area contributed by atoms with Gasteiger partial charge in [-0.15, -0.1) is 0 Å². The first kappa shape index (κ1) is 14.6. The van der Waals surface area contributed by atoms with Crippen molar-refractivity contribution in [2.45, 2.75) is 40.0 Å². The molecule has 0 saturated heterocycles. The van der Waals surface area contributed by atoms with E-state index in [2.05, 4.69) is 24.4 Å². The summed E-state index contributed by atoms with van der Waals surface area (Å²) in [4.78, 5) is 11.4. The van der Waals surface area contributed by atoms with Crippen LogP contribution in [0.3, 0.4) is 0 Å². The first-order chi connectivity index (χ1) is 8.58. The molecular formula is C15H23NO2. The lowest BCUT2D eigenvalue weighted by Crippen LogP contribution is -2.25. The van der Waals surface area contributed by atoms with E-state index in [-0.39, 0.29) is 5.91 Å². The molecule has 1 rings (SSSR count). The van der Waals surface area contributed by atoms with Crippen LogP contribution in [-0.4, -0.2) is 19.6 Å². The zero-order chi connectivity index (χ0) is 13.5. The van der Waals surface area contributed by atoms with Crippen LogP contribution in [-0.2, 0) is 11.2 Å². The van der Waals surface area contributed by atoms with Gasteiger partial charge in [-0.1, -0.05) is 13.0 Å². The fourth-order valence-electron chi connectivity index (χ4n) is 1.99. The molecule has 18 heavy (non-hydrogen) atoms. The molecule has 3 heteroatoms. The lowest BCUT2D eigenvalue weighted by molar-refractivity contribution is -0.121. The number of carbonyl (C=O) groups excluding carboxylic acids is 1. The summed E-state index contributed by atoms with van der Waals surface area (Å²) in [6, 6.07) is 4.19. The molecule has 0 saturated carbocycles. The molecule has 1 N–H and O–H groups in total. The van der Waals surface area contributed by atoms with Crippen molar-refractivity contribution in [3.05, 3.63) is 28.8 Å². The van der Waals surface area contributed by atoms with Crippen molar-refractivity contribution in [3.8, 4) is 5.75 Å². The molecule has 0 atom stereocenters. The average Bonchev–Trinajstić information content (AvgIpc) is 2.33. The predicted octanol–water partition coefficient (Wildman–Crippen LogP) is 2.77. The van der Waals surface area contributed by atoms with E-state index in [1.54, 1.807) is 7.11 Å². The zero-order valence-electron chi connectivity index (χ0n) is 11.8. The molecule has 0 fully saturated rings. The van der Waals surface area contributed by atoms with Gasteiger partial charge < -0.3 is 10.1 Å². The van der Waals surface area contributed by atoms with Crippen LogP contribution < -0.4 is 10.1 Å². The molecule has 0 bridgehead atoms. The zero-order valence-corrected chi connectivity index (χ0v) is 11.8. The highest BCUT2D eigenvalue weighted by Gasteiger charge is 2.05. The van der Waals surface area contributed by atoms with Crippen molar-refractivity contribution in [1.82, 2.24) is 5.32 Å². The summed E-state index contributed by atoms with van der Waals surface area (Å²) in [5.74, 6) is 1.06. The maximum Gasteiger partial charge on any atom is 0.219 e. The van der Waals surface area contributed by atoms with Crippen LogP contribution in [0.15, 0.2) is 12.1 Å². The van der Waals surface area contributed by atoms with Crippen LogP contribution in [0.2, 0.25) is 0 Å². The lowest BCUT2D eigenvalue weighted by atomic mass is 10.0. The summed E-state index contributed by atoms with van der Waals surface area (Å²) in [6.45, 7) is 6.82. The Morgan fingerprint density at radius 2 is 2.00 bits per heavy atom. The van der Waals surface area contributed by atoms with Crippen molar-refractivity contribution in [2.24, 2.45) is 0 Å². The second kappa shape index (κ2) is 7.04. The van der Waals surface area contributed by atoms with Crippen LogP contribution >= 0.6 is 0 Å². The van der Waals surface area contributed by atoms with Gasteiger partial charge in [0, 0.05) is 13.0 Å². The molecule has 0 aliphatic heterocycles. The minimum absolute atomic E-state index is 0.139. The Morgan fingerprint density at radius 1 is 1.28 bits per heavy atom. The molecule has 1 amide bonds. The second-order valence-corrected chi connectivity index (χ2v) is 4.60. The molecule has 3 nitrogen and oxygen atoms in total. The molecule has 0 aromatic heterocycles. The molecule has 0 spiro atoms. The maximum atomic E-state index is 11.4. The summed E-state index contributed by atoms with van der Waals surface area (Å²) >= 11 is 0. The molecule has 100 valence electrons. The van der Waals surface area contributed by atoms with Gasteiger partial charge in [0.25, 0.3) is 0 Å². The van der Waals surface area contributed by atoms with E-state index in [1.807, 2.05) is 13.8 Å². The van der Waals surface area contributed by atoms with Gasteiger partial charge in [-0.2, -0.15) is 0 Å². The lowest BCUT2D eigenvalue weighted by Gasteiger charge is -2.11. The van der Waals surface area contributed by atoms with Gasteiger partial charge in [0.1, 0.15) is 5.75 Å². The maximum absolute atomic E-state index is 11.4. The Kier molecular flexibility index (Phi) is 5.69. The van der Waals surface area contributed by atoms with Crippen molar-refractivity contribution in [1.29, 1.82) is 0 Å². The number of aryl methyl sites for hydroxylation is 2. The van der Waals surface area contributed by atoms with Crippen LogP contribution in [0, 0.1) is 13.8 Å². The van der Waals surface area contributed by atoms with Crippen LogP contribution in [0.5, 0.6) is 5.75 Å². The number of hydrogen-bond donors (Lipinski definition) is 1. The topological polar surface area (TPSA) is 38.3 Å². The predicted molar refractivity (Wildman–Crippen MR) is 74.1 cm³/mol. The summed E-state index contributed by atoms with van der Waals surface area (Å²) < 4.78 is 5.29. The summed E-state index contributed by atoms with van der Waals surface area (Å²) in [6.07, 6.45) is 2.37. The number of nitrogens with one attached hydrogen (secondary N) is 1. The van der Waals surface area contributed by atoms with E-state index < -0.39 is 0 Å². The van der Waals surface area contributed by atoms with Gasteiger partial charge >= 0.3 is 0 Å². The van der Waals surface area contributed by atoms with Crippen LogP contribution in [0.25, 0.3) is 0 Å². The van der Waals surface area contributed by atoms with Gasteiger partial charge in [0.05, 0.1) is 7.11 Å². The van der Waals surface area contributed by atoms with Crippen molar-refractivity contribution in [2.75, 3.05) is 13.7 Å². The van der Waals surface area contributed by atoms with E-state index in [0.29, 0.717) is 13.0 Å². The van der Waals surface area contributed by atoms with Crippen LogP contribution in [0.4, 0.5) is 0 Å². The molecule has 0 aliphatic carbocycles. The number of ether oxygens (including phenoxy) is 1. The first-order valence-corrected chi connectivity index (χ1v) is 6.49. The Balaban J connectivity index is 2.57.